The second kappa shape index (κ2) is 9.71. The molecule has 1 aliphatic rings. The minimum Gasteiger partial charge on any atom is -0.495 e. The maximum Gasteiger partial charge on any atom is 0.269 e. The van der Waals surface area contributed by atoms with E-state index in [1.54, 1.807) is 12.1 Å². The van der Waals surface area contributed by atoms with E-state index in [9.17, 15) is 23.3 Å². The molecular formula is C21H23N3O6S. The number of ether oxygens (including phenoxy) is 1. The Morgan fingerprint density at radius 2 is 1.81 bits per heavy atom. The van der Waals surface area contributed by atoms with Gasteiger partial charge in [0.15, 0.2) is 0 Å². The van der Waals surface area contributed by atoms with Crippen molar-refractivity contribution >= 4 is 33.4 Å². The summed E-state index contributed by atoms with van der Waals surface area (Å²) in [7, 11) is -2.29. The second-order valence-corrected chi connectivity index (χ2v) is 8.91. The molecule has 9 nitrogen and oxygen atoms in total. The van der Waals surface area contributed by atoms with Crippen molar-refractivity contribution in [2.75, 3.05) is 25.5 Å². The Labute approximate surface area is 180 Å². The normalized spacial score (nSPS) is 15.0. The number of nitro groups is 1. The number of amides is 1. The standard InChI is InChI=1S/C21H23N3O6S/c1-30-19-11-5-16(15-20(19)31(28,29)23-13-3-2-4-14-23)6-12-21(25)22-17-7-9-18(10-8-17)24(26)27/h5-12,15H,2-4,13-14H2,1H3,(H,22,25)/b12-6+. The fourth-order valence-electron chi connectivity index (χ4n) is 3.27. The van der Waals surface area contributed by atoms with Crippen molar-refractivity contribution in [3.05, 3.63) is 64.2 Å². The topological polar surface area (TPSA) is 119 Å². The highest BCUT2D eigenvalue weighted by atomic mass is 32.2. The molecule has 1 aliphatic heterocycles. The number of methoxy groups -OCH3 is 1. The first kappa shape index (κ1) is 22.4. The van der Waals surface area contributed by atoms with Gasteiger partial charge in [-0.2, -0.15) is 4.31 Å². The predicted octanol–water partition coefficient (Wildman–Crippen LogP) is 3.43. The summed E-state index contributed by atoms with van der Waals surface area (Å²) in [6.07, 6.45) is 5.42. The van der Waals surface area contributed by atoms with Gasteiger partial charge in [-0.05, 0) is 48.7 Å². The Morgan fingerprint density at radius 1 is 1.13 bits per heavy atom. The number of carbonyl (C=O) groups excluding carboxylic acids is 1. The molecule has 0 aliphatic carbocycles. The third-order valence-corrected chi connectivity index (χ3v) is 6.81. The van der Waals surface area contributed by atoms with Crippen molar-refractivity contribution in [2.24, 2.45) is 0 Å². The molecule has 1 fully saturated rings. The molecule has 164 valence electrons. The minimum absolute atomic E-state index is 0.0647. The van der Waals surface area contributed by atoms with Crippen molar-refractivity contribution in [2.45, 2.75) is 24.2 Å². The van der Waals surface area contributed by atoms with E-state index in [1.807, 2.05) is 0 Å². The molecule has 0 atom stereocenters. The van der Waals surface area contributed by atoms with Crippen LogP contribution < -0.4 is 10.1 Å². The lowest BCUT2D eigenvalue weighted by molar-refractivity contribution is -0.384. The number of piperidine rings is 1. The summed E-state index contributed by atoms with van der Waals surface area (Å²) >= 11 is 0. The first-order valence-electron chi connectivity index (χ1n) is 9.73. The lowest BCUT2D eigenvalue weighted by atomic mass is 10.2. The van der Waals surface area contributed by atoms with Crippen LogP contribution in [-0.2, 0) is 14.8 Å². The molecule has 0 radical (unpaired) electrons. The molecule has 1 heterocycles. The van der Waals surface area contributed by atoms with Crippen molar-refractivity contribution in [1.82, 2.24) is 4.31 Å². The summed E-state index contributed by atoms with van der Waals surface area (Å²) in [5.74, 6) is -0.205. The van der Waals surface area contributed by atoms with E-state index in [0.29, 0.717) is 24.3 Å². The SMILES string of the molecule is COc1ccc(/C=C/C(=O)Nc2ccc([N+](=O)[O-])cc2)cc1S(=O)(=O)N1CCCCC1. The lowest BCUT2D eigenvalue weighted by Crippen LogP contribution is -2.35. The highest BCUT2D eigenvalue weighted by molar-refractivity contribution is 7.89. The van der Waals surface area contributed by atoms with Gasteiger partial charge in [0, 0.05) is 37.0 Å². The van der Waals surface area contributed by atoms with E-state index >= 15 is 0 Å². The van der Waals surface area contributed by atoms with Crippen LogP contribution in [0.1, 0.15) is 24.8 Å². The number of carbonyl (C=O) groups is 1. The number of rotatable bonds is 7. The molecule has 10 heteroatoms. The highest BCUT2D eigenvalue weighted by Crippen LogP contribution is 2.30. The number of benzene rings is 2. The Morgan fingerprint density at radius 3 is 2.42 bits per heavy atom. The summed E-state index contributed by atoms with van der Waals surface area (Å²) in [4.78, 5) is 22.4. The zero-order chi connectivity index (χ0) is 22.4. The quantitative estimate of drug-likeness (QED) is 0.396. The molecule has 0 unspecified atom stereocenters. The van der Waals surface area contributed by atoms with E-state index in [0.717, 1.165) is 19.3 Å². The van der Waals surface area contributed by atoms with Crippen molar-refractivity contribution in [1.29, 1.82) is 0 Å². The van der Waals surface area contributed by atoms with Crippen LogP contribution in [0.15, 0.2) is 53.4 Å². The number of nitrogens with zero attached hydrogens (tertiary/aromatic N) is 2. The number of hydrogen-bond acceptors (Lipinski definition) is 6. The molecule has 3 rings (SSSR count). The van der Waals surface area contributed by atoms with Crippen LogP contribution in [0.3, 0.4) is 0 Å². The van der Waals surface area contributed by atoms with E-state index in [1.165, 1.54) is 53.9 Å². The molecule has 1 N–H and O–H groups in total. The predicted molar refractivity (Wildman–Crippen MR) is 116 cm³/mol. The summed E-state index contributed by atoms with van der Waals surface area (Å²) in [5, 5.41) is 13.3. The van der Waals surface area contributed by atoms with E-state index in [-0.39, 0.29) is 16.3 Å². The minimum atomic E-state index is -3.71. The van der Waals surface area contributed by atoms with Crippen LogP contribution in [0, 0.1) is 10.1 Å². The number of nitro benzene ring substituents is 1. The first-order chi connectivity index (χ1) is 14.8. The summed E-state index contributed by atoms with van der Waals surface area (Å²) in [6.45, 7) is 0.951. The number of hydrogen-bond donors (Lipinski definition) is 1. The highest BCUT2D eigenvalue weighted by Gasteiger charge is 2.29. The van der Waals surface area contributed by atoms with Gasteiger partial charge in [0.25, 0.3) is 5.69 Å². The molecule has 1 amide bonds. The smallest absolute Gasteiger partial charge is 0.269 e. The molecule has 0 saturated carbocycles. The van der Waals surface area contributed by atoms with Crippen LogP contribution in [0.5, 0.6) is 5.75 Å². The van der Waals surface area contributed by atoms with Gasteiger partial charge in [0.2, 0.25) is 15.9 Å². The number of sulfonamides is 1. The summed E-state index contributed by atoms with van der Waals surface area (Å²) < 4.78 is 32.8. The maximum absolute atomic E-state index is 13.1. The van der Waals surface area contributed by atoms with Gasteiger partial charge in [-0.15, -0.1) is 0 Å². The molecule has 2 aromatic rings. The van der Waals surface area contributed by atoms with Gasteiger partial charge >= 0.3 is 0 Å². The third-order valence-electron chi connectivity index (χ3n) is 4.89. The zero-order valence-corrected chi connectivity index (χ0v) is 17.8. The summed E-state index contributed by atoms with van der Waals surface area (Å²) in [6, 6.07) is 10.1. The molecule has 0 aromatic heterocycles. The fraction of sp³-hybridized carbons (Fsp3) is 0.286. The third kappa shape index (κ3) is 5.47. The van der Waals surface area contributed by atoms with Crippen molar-refractivity contribution < 1.29 is 22.9 Å². The fourth-order valence-corrected chi connectivity index (χ4v) is 4.97. The summed E-state index contributed by atoms with van der Waals surface area (Å²) in [5.41, 5.74) is 0.854. The van der Waals surface area contributed by atoms with Crippen LogP contribution in [0.4, 0.5) is 11.4 Å². The average Bonchev–Trinajstić information content (AvgIpc) is 2.78. The largest absolute Gasteiger partial charge is 0.495 e. The Bertz CT molecular complexity index is 1090. The Balaban J connectivity index is 1.76. The second-order valence-electron chi connectivity index (χ2n) is 7.00. The van der Waals surface area contributed by atoms with Crippen LogP contribution in [-0.4, -0.2) is 43.8 Å². The van der Waals surface area contributed by atoms with Gasteiger partial charge in [-0.25, -0.2) is 8.42 Å². The molecule has 1 saturated heterocycles. The van der Waals surface area contributed by atoms with Crippen LogP contribution >= 0.6 is 0 Å². The van der Waals surface area contributed by atoms with E-state index < -0.39 is 20.9 Å². The van der Waals surface area contributed by atoms with Gasteiger partial charge in [-0.3, -0.25) is 14.9 Å². The lowest BCUT2D eigenvalue weighted by Gasteiger charge is -2.26. The number of anilines is 1. The number of nitrogens with one attached hydrogen (secondary N) is 1. The van der Waals surface area contributed by atoms with Gasteiger partial charge < -0.3 is 10.1 Å². The van der Waals surface area contributed by atoms with Crippen molar-refractivity contribution in [3.63, 3.8) is 0 Å². The van der Waals surface area contributed by atoms with E-state index in [2.05, 4.69) is 5.32 Å². The first-order valence-corrected chi connectivity index (χ1v) is 11.2. The zero-order valence-electron chi connectivity index (χ0n) is 17.0. The molecule has 31 heavy (non-hydrogen) atoms. The van der Waals surface area contributed by atoms with Gasteiger partial charge in [0.05, 0.1) is 12.0 Å². The van der Waals surface area contributed by atoms with Crippen LogP contribution in [0.25, 0.3) is 6.08 Å². The van der Waals surface area contributed by atoms with Gasteiger partial charge in [0.1, 0.15) is 10.6 Å². The molecule has 0 bridgehead atoms. The number of non-ortho nitro benzene ring substituents is 1. The van der Waals surface area contributed by atoms with E-state index in [4.69, 9.17) is 4.74 Å². The van der Waals surface area contributed by atoms with Crippen LogP contribution in [0.2, 0.25) is 0 Å². The molecule has 2 aromatic carbocycles. The molecular weight excluding hydrogens is 422 g/mol. The van der Waals surface area contributed by atoms with Gasteiger partial charge in [-0.1, -0.05) is 12.5 Å². The Kier molecular flexibility index (Phi) is 7.03. The monoisotopic (exact) mass is 445 g/mol. The molecule has 0 spiro atoms. The average molecular weight is 445 g/mol. The Hall–Kier alpha value is -3.24. The maximum atomic E-state index is 13.1. The van der Waals surface area contributed by atoms with Crippen molar-refractivity contribution in [3.8, 4) is 5.75 Å².